The number of hydrogen-bond donors (Lipinski definition) is 4. The summed E-state index contributed by atoms with van der Waals surface area (Å²) >= 11 is 0. The normalized spacial score (nSPS) is 32.7. The van der Waals surface area contributed by atoms with Crippen LogP contribution in [0.15, 0.2) is 24.3 Å². The van der Waals surface area contributed by atoms with Crippen LogP contribution >= 0.6 is 0 Å². The smallest absolute Gasteiger partial charge is 0.229 e. The second kappa shape index (κ2) is 6.50. The molecule has 1 heterocycles. The highest BCUT2D eigenvalue weighted by molar-refractivity contribution is 5.96. The Morgan fingerprint density at radius 1 is 1.19 bits per heavy atom. The molecule has 2 rings (SSSR count). The zero-order valence-corrected chi connectivity index (χ0v) is 11.4. The number of benzene rings is 1. The van der Waals surface area contributed by atoms with Crippen molar-refractivity contribution in [2.24, 2.45) is 0 Å². The molecule has 4 N–H and O–H groups in total. The number of aliphatic hydroxyl groups is 4. The summed E-state index contributed by atoms with van der Waals surface area (Å²) in [6, 6.07) is 6.39. The molecule has 0 aliphatic carbocycles. The first-order valence-corrected chi connectivity index (χ1v) is 6.53. The molecule has 21 heavy (non-hydrogen) atoms. The fraction of sp³-hybridized carbons (Fsp3) is 0.500. The van der Waals surface area contributed by atoms with Crippen LogP contribution in [-0.4, -0.2) is 63.5 Å². The number of hydrogen-bond acceptors (Lipinski definition) is 7. The van der Waals surface area contributed by atoms with Crippen molar-refractivity contribution in [3.8, 4) is 5.75 Å². The van der Waals surface area contributed by atoms with Gasteiger partial charge in [-0.25, -0.2) is 0 Å². The number of ether oxygens (including phenoxy) is 2. The summed E-state index contributed by atoms with van der Waals surface area (Å²) in [4.78, 5) is 11.5. The summed E-state index contributed by atoms with van der Waals surface area (Å²) in [7, 11) is 0. The first-order chi connectivity index (χ1) is 9.95. The molecule has 1 fully saturated rings. The van der Waals surface area contributed by atoms with Crippen LogP contribution in [0.5, 0.6) is 5.75 Å². The number of carbonyl (C=O) groups excluding carboxylic acids is 1. The van der Waals surface area contributed by atoms with Gasteiger partial charge in [-0.2, -0.15) is 0 Å². The Balaban J connectivity index is 2.20. The molecular formula is C14H18O7. The zero-order chi connectivity index (χ0) is 15.6. The maximum atomic E-state index is 11.5. The highest BCUT2D eigenvalue weighted by atomic mass is 16.7. The van der Waals surface area contributed by atoms with Crippen LogP contribution < -0.4 is 4.74 Å². The van der Waals surface area contributed by atoms with Crippen molar-refractivity contribution in [3.05, 3.63) is 29.8 Å². The minimum atomic E-state index is -1.52. The summed E-state index contributed by atoms with van der Waals surface area (Å²) < 4.78 is 10.7. The zero-order valence-electron chi connectivity index (χ0n) is 11.4. The lowest BCUT2D eigenvalue weighted by molar-refractivity contribution is -0.277. The molecular weight excluding hydrogens is 280 g/mol. The van der Waals surface area contributed by atoms with E-state index in [1.807, 2.05) is 0 Å². The first kappa shape index (κ1) is 15.9. The quantitative estimate of drug-likeness (QED) is 0.530. The van der Waals surface area contributed by atoms with Gasteiger partial charge in [0.05, 0.1) is 12.2 Å². The molecule has 0 amide bonds. The van der Waals surface area contributed by atoms with E-state index in [9.17, 15) is 20.1 Å². The maximum Gasteiger partial charge on any atom is 0.229 e. The van der Waals surface area contributed by atoms with Crippen molar-refractivity contribution in [2.75, 3.05) is 6.61 Å². The Kier molecular flexibility index (Phi) is 4.92. The molecule has 1 aromatic carbocycles. The second-order valence-electron chi connectivity index (χ2n) is 4.87. The highest BCUT2D eigenvalue weighted by Crippen LogP contribution is 2.26. The average Bonchev–Trinajstić information content (AvgIpc) is 2.48. The molecule has 7 heteroatoms. The van der Waals surface area contributed by atoms with Gasteiger partial charge in [0.15, 0.2) is 5.78 Å². The SMILES string of the molecule is CC(=O)c1ccccc1O[C@H]1O[C@@H](CO)[C@@H](O)[C@@H](O)[C@@H]1O. The Hall–Kier alpha value is -1.51. The Morgan fingerprint density at radius 2 is 1.86 bits per heavy atom. The van der Waals surface area contributed by atoms with Gasteiger partial charge < -0.3 is 29.9 Å². The van der Waals surface area contributed by atoms with Gasteiger partial charge >= 0.3 is 0 Å². The van der Waals surface area contributed by atoms with E-state index in [4.69, 9.17) is 14.6 Å². The van der Waals surface area contributed by atoms with Gasteiger partial charge in [-0.1, -0.05) is 12.1 Å². The second-order valence-corrected chi connectivity index (χ2v) is 4.87. The minimum Gasteiger partial charge on any atom is -0.461 e. The first-order valence-electron chi connectivity index (χ1n) is 6.53. The van der Waals surface area contributed by atoms with E-state index in [1.165, 1.54) is 13.0 Å². The summed E-state index contributed by atoms with van der Waals surface area (Å²) in [5.41, 5.74) is 0.300. The Bertz CT molecular complexity index is 502. The van der Waals surface area contributed by atoms with Crippen LogP contribution in [0, 0.1) is 0 Å². The molecule has 0 spiro atoms. The lowest BCUT2D eigenvalue weighted by atomic mass is 9.99. The Morgan fingerprint density at radius 3 is 2.48 bits per heavy atom. The van der Waals surface area contributed by atoms with E-state index in [0.717, 1.165) is 0 Å². The molecule has 1 aliphatic rings. The third-order valence-electron chi connectivity index (χ3n) is 3.36. The van der Waals surface area contributed by atoms with Gasteiger partial charge in [0.25, 0.3) is 0 Å². The van der Waals surface area contributed by atoms with E-state index in [2.05, 4.69) is 0 Å². The predicted octanol–water partition coefficient (Wildman–Crippen LogP) is -0.932. The number of aliphatic hydroxyl groups excluding tert-OH is 4. The molecule has 1 saturated heterocycles. The van der Waals surface area contributed by atoms with Crippen molar-refractivity contribution < 1.29 is 34.7 Å². The van der Waals surface area contributed by atoms with Crippen LogP contribution in [0.3, 0.4) is 0 Å². The van der Waals surface area contributed by atoms with Crippen LogP contribution in [-0.2, 0) is 4.74 Å². The van der Waals surface area contributed by atoms with E-state index in [0.29, 0.717) is 5.56 Å². The number of ketones is 1. The number of carbonyl (C=O) groups is 1. The maximum absolute atomic E-state index is 11.5. The van der Waals surface area contributed by atoms with Gasteiger partial charge in [-0.15, -0.1) is 0 Å². The molecule has 0 unspecified atom stereocenters. The standard InChI is InChI=1S/C14H18O7/c1-7(16)8-4-2-3-5-9(8)20-14-13(19)12(18)11(17)10(6-15)21-14/h2-5,10-15,17-19H,6H2,1H3/t10-,11+,12+,13-,14-/m0/s1. The van der Waals surface area contributed by atoms with Gasteiger partial charge in [0, 0.05) is 0 Å². The fourth-order valence-corrected chi connectivity index (χ4v) is 2.15. The molecule has 0 bridgehead atoms. The summed E-state index contributed by atoms with van der Waals surface area (Å²) in [6.45, 7) is 0.828. The summed E-state index contributed by atoms with van der Waals surface area (Å²) in [5.74, 6) is -0.0375. The molecule has 1 aromatic rings. The monoisotopic (exact) mass is 298 g/mol. The van der Waals surface area contributed by atoms with Crippen molar-refractivity contribution in [3.63, 3.8) is 0 Å². The summed E-state index contributed by atoms with van der Waals surface area (Å²) in [5, 5.41) is 38.4. The molecule has 116 valence electrons. The molecule has 5 atom stereocenters. The number of para-hydroxylation sites is 1. The third-order valence-corrected chi connectivity index (χ3v) is 3.36. The van der Waals surface area contributed by atoms with E-state index in [-0.39, 0.29) is 11.5 Å². The van der Waals surface area contributed by atoms with Crippen molar-refractivity contribution in [1.29, 1.82) is 0 Å². The molecule has 0 aromatic heterocycles. The van der Waals surface area contributed by atoms with Gasteiger partial charge in [-0.05, 0) is 19.1 Å². The number of rotatable bonds is 4. The third kappa shape index (κ3) is 3.22. The van der Waals surface area contributed by atoms with Gasteiger partial charge in [0.1, 0.15) is 30.2 Å². The molecule has 1 aliphatic heterocycles. The highest BCUT2D eigenvalue weighted by Gasteiger charge is 2.44. The van der Waals surface area contributed by atoms with Crippen molar-refractivity contribution in [2.45, 2.75) is 37.6 Å². The fourth-order valence-electron chi connectivity index (χ4n) is 2.15. The minimum absolute atomic E-state index is 0.189. The topological polar surface area (TPSA) is 116 Å². The van der Waals surface area contributed by atoms with Gasteiger partial charge in [0.2, 0.25) is 6.29 Å². The van der Waals surface area contributed by atoms with Gasteiger partial charge in [-0.3, -0.25) is 4.79 Å². The largest absolute Gasteiger partial charge is 0.461 e. The van der Waals surface area contributed by atoms with E-state index < -0.39 is 37.3 Å². The van der Waals surface area contributed by atoms with Crippen molar-refractivity contribution in [1.82, 2.24) is 0 Å². The molecule has 0 saturated carbocycles. The predicted molar refractivity (Wildman–Crippen MR) is 70.8 cm³/mol. The lowest BCUT2D eigenvalue weighted by Gasteiger charge is -2.39. The molecule has 0 radical (unpaired) electrons. The van der Waals surface area contributed by atoms with Crippen LogP contribution in [0.2, 0.25) is 0 Å². The van der Waals surface area contributed by atoms with Crippen molar-refractivity contribution >= 4 is 5.78 Å². The molecule has 7 nitrogen and oxygen atoms in total. The average molecular weight is 298 g/mol. The van der Waals surface area contributed by atoms with Crippen LogP contribution in [0.4, 0.5) is 0 Å². The summed E-state index contributed by atoms with van der Waals surface area (Å²) in [6.07, 6.45) is -6.85. The van der Waals surface area contributed by atoms with E-state index in [1.54, 1.807) is 18.2 Å². The van der Waals surface area contributed by atoms with Crippen LogP contribution in [0.25, 0.3) is 0 Å². The number of Topliss-reactive ketones (excluding diaryl/α,β-unsaturated/α-hetero) is 1. The van der Waals surface area contributed by atoms with E-state index >= 15 is 0 Å². The van der Waals surface area contributed by atoms with Crippen LogP contribution in [0.1, 0.15) is 17.3 Å². The lowest BCUT2D eigenvalue weighted by Crippen LogP contribution is -2.60. The Labute approximate surface area is 121 Å².